The molecule has 0 bridgehead atoms. The number of aliphatic carboxylic acids is 1. The molecule has 0 unspecified atom stereocenters. The second-order valence-corrected chi connectivity index (χ2v) is 5.51. The van der Waals surface area contributed by atoms with Crippen LogP contribution in [0.25, 0.3) is 11.0 Å². The van der Waals surface area contributed by atoms with Crippen molar-refractivity contribution in [2.45, 2.75) is 53.0 Å². The van der Waals surface area contributed by atoms with Gasteiger partial charge in [-0.1, -0.05) is 20.8 Å². The van der Waals surface area contributed by atoms with Crippen molar-refractivity contribution in [2.24, 2.45) is 5.41 Å². The van der Waals surface area contributed by atoms with Gasteiger partial charge >= 0.3 is 5.97 Å². The molecule has 114 valence electrons. The van der Waals surface area contributed by atoms with E-state index in [4.69, 9.17) is 0 Å². The Morgan fingerprint density at radius 1 is 1.33 bits per heavy atom. The highest BCUT2D eigenvalue weighted by molar-refractivity contribution is 5.77. The summed E-state index contributed by atoms with van der Waals surface area (Å²) in [6, 6.07) is 1.95. The third-order valence-electron chi connectivity index (χ3n) is 4.38. The minimum absolute atomic E-state index is 0.462. The number of imidazole rings is 1. The van der Waals surface area contributed by atoms with Gasteiger partial charge in [0, 0.05) is 19.2 Å². The Morgan fingerprint density at radius 3 is 2.62 bits per heavy atom. The molecule has 0 aliphatic carbocycles. The summed E-state index contributed by atoms with van der Waals surface area (Å²) in [4.78, 5) is 20.5. The summed E-state index contributed by atoms with van der Waals surface area (Å²) in [5, 5.41) is 9.63. The van der Waals surface area contributed by atoms with Gasteiger partial charge in [-0.2, -0.15) is 0 Å². The fourth-order valence-corrected chi connectivity index (χ4v) is 2.82. The highest BCUT2D eigenvalue weighted by atomic mass is 16.4. The number of rotatable bonds is 7. The number of carboxylic acid groups (broad SMARTS) is 1. The summed E-state index contributed by atoms with van der Waals surface area (Å²) in [6.45, 7) is 6.83. The lowest BCUT2D eigenvalue weighted by Crippen LogP contribution is -2.33. The molecular formula is C16H23N3O2. The van der Waals surface area contributed by atoms with Crippen LogP contribution >= 0.6 is 0 Å². The van der Waals surface area contributed by atoms with Gasteiger partial charge in [0.2, 0.25) is 0 Å². The minimum Gasteiger partial charge on any atom is -0.481 e. The lowest BCUT2D eigenvalue weighted by molar-refractivity contribution is -0.149. The molecular weight excluding hydrogens is 266 g/mol. The van der Waals surface area contributed by atoms with E-state index in [1.807, 2.05) is 19.9 Å². The van der Waals surface area contributed by atoms with Gasteiger partial charge in [-0.05, 0) is 25.3 Å². The van der Waals surface area contributed by atoms with E-state index in [0.717, 1.165) is 29.8 Å². The first kappa shape index (κ1) is 15.5. The normalized spacial score (nSPS) is 12.0. The molecule has 0 fully saturated rings. The average molecular weight is 289 g/mol. The van der Waals surface area contributed by atoms with Crippen LogP contribution in [-0.2, 0) is 17.8 Å². The molecule has 0 atom stereocenters. The molecule has 1 N–H and O–H groups in total. The Hall–Kier alpha value is -1.91. The number of nitrogens with zero attached hydrogens (tertiary/aromatic N) is 3. The van der Waals surface area contributed by atoms with Gasteiger partial charge in [0.05, 0.1) is 17.1 Å². The van der Waals surface area contributed by atoms with Crippen LogP contribution in [0.3, 0.4) is 0 Å². The van der Waals surface area contributed by atoms with E-state index >= 15 is 0 Å². The van der Waals surface area contributed by atoms with Crippen molar-refractivity contribution in [3.8, 4) is 0 Å². The quantitative estimate of drug-likeness (QED) is 0.849. The first-order chi connectivity index (χ1) is 10.1. The maximum absolute atomic E-state index is 11.7. The van der Waals surface area contributed by atoms with Crippen LogP contribution in [-0.4, -0.2) is 25.6 Å². The van der Waals surface area contributed by atoms with Crippen LogP contribution in [0.2, 0.25) is 0 Å². The minimum atomic E-state index is -0.736. The lowest BCUT2D eigenvalue weighted by Gasteiger charge is -2.26. The highest BCUT2D eigenvalue weighted by Crippen LogP contribution is 2.32. The molecule has 0 radical (unpaired) electrons. The molecule has 0 aromatic carbocycles. The van der Waals surface area contributed by atoms with E-state index in [2.05, 4.69) is 21.5 Å². The molecule has 0 saturated heterocycles. The molecule has 0 amide bonds. The number of fused-ring (bicyclic) bond motifs is 1. The van der Waals surface area contributed by atoms with E-state index < -0.39 is 11.4 Å². The topological polar surface area (TPSA) is 68.0 Å². The molecule has 21 heavy (non-hydrogen) atoms. The van der Waals surface area contributed by atoms with Crippen LogP contribution in [0.4, 0.5) is 0 Å². The summed E-state index contributed by atoms with van der Waals surface area (Å²) in [7, 11) is 0. The average Bonchev–Trinajstić information content (AvgIpc) is 2.83. The zero-order valence-electron chi connectivity index (χ0n) is 13.0. The molecule has 5 heteroatoms. The summed E-state index contributed by atoms with van der Waals surface area (Å²) in [6.07, 6.45) is 6.15. The third kappa shape index (κ3) is 2.77. The van der Waals surface area contributed by atoms with Crippen molar-refractivity contribution in [2.75, 3.05) is 0 Å². The van der Waals surface area contributed by atoms with Crippen molar-refractivity contribution < 1.29 is 9.90 Å². The van der Waals surface area contributed by atoms with Crippen molar-refractivity contribution in [3.05, 3.63) is 24.3 Å². The number of carbonyl (C=O) groups is 1. The third-order valence-corrected chi connectivity index (χ3v) is 4.38. The molecule has 0 aliphatic rings. The van der Waals surface area contributed by atoms with E-state index in [0.29, 0.717) is 19.3 Å². The largest absolute Gasteiger partial charge is 0.481 e. The second-order valence-electron chi connectivity index (χ2n) is 5.51. The summed E-state index contributed by atoms with van der Waals surface area (Å²) in [5.74, 6) is 0.117. The Kier molecular flexibility index (Phi) is 4.60. The Morgan fingerprint density at radius 2 is 2.05 bits per heavy atom. The predicted octanol–water partition coefficient (Wildman–Crippen LogP) is 3.27. The first-order valence-corrected chi connectivity index (χ1v) is 7.60. The Balaban J connectivity index is 2.50. The summed E-state index contributed by atoms with van der Waals surface area (Å²) in [5.41, 5.74) is 1.14. The predicted molar refractivity (Wildman–Crippen MR) is 82.2 cm³/mol. The van der Waals surface area contributed by atoms with Gasteiger partial charge < -0.3 is 9.67 Å². The van der Waals surface area contributed by atoms with Gasteiger partial charge in [0.15, 0.2) is 0 Å². The van der Waals surface area contributed by atoms with Crippen molar-refractivity contribution >= 4 is 17.0 Å². The monoisotopic (exact) mass is 289 g/mol. The van der Waals surface area contributed by atoms with Crippen LogP contribution < -0.4 is 0 Å². The molecule has 5 nitrogen and oxygen atoms in total. The molecule has 2 aromatic heterocycles. The fourth-order valence-electron chi connectivity index (χ4n) is 2.82. The number of aromatic nitrogens is 3. The number of carboxylic acids is 1. The molecule has 2 heterocycles. The SMILES string of the molecule is CCCn1c(CC(CC)(CC)C(=O)O)nc2cnccc21. The molecule has 2 rings (SSSR count). The van der Waals surface area contributed by atoms with Gasteiger partial charge in [-0.15, -0.1) is 0 Å². The van der Waals surface area contributed by atoms with Gasteiger partial charge in [-0.25, -0.2) is 4.98 Å². The Bertz CT molecular complexity index is 629. The van der Waals surface area contributed by atoms with Crippen molar-refractivity contribution in [3.63, 3.8) is 0 Å². The van der Waals surface area contributed by atoms with Crippen molar-refractivity contribution in [1.82, 2.24) is 14.5 Å². The zero-order valence-corrected chi connectivity index (χ0v) is 13.0. The molecule has 2 aromatic rings. The zero-order chi connectivity index (χ0) is 15.5. The number of hydrogen-bond donors (Lipinski definition) is 1. The van der Waals surface area contributed by atoms with Crippen LogP contribution in [0.15, 0.2) is 18.5 Å². The second kappa shape index (κ2) is 6.24. The summed E-state index contributed by atoms with van der Waals surface area (Å²) < 4.78 is 2.14. The van der Waals surface area contributed by atoms with Gasteiger partial charge in [-0.3, -0.25) is 9.78 Å². The highest BCUT2D eigenvalue weighted by Gasteiger charge is 2.36. The number of hydrogen-bond acceptors (Lipinski definition) is 3. The van der Waals surface area contributed by atoms with E-state index in [1.165, 1.54) is 0 Å². The molecule has 0 spiro atoms. The molecule has 0 saturated carbocycles. The van der Waals surface area contributed by atoms with E-state index in [9.17, 15) is 9.90 Å². The van der Waals surface area contributed by atoms with Gasteiger partial charge in [0.1, 0.15) is 11.3 Å². The summed E-state index contributed by atoms with van der Waals surface area (Å²) >= 11 is 0. The fraction of sp³-hybridized carbons (Fsp3) is 0.562. The maximum atomic E-state index is 11.7. The molecule has 0 aliphatic heterocycles. The van der Waals surface area contributed by atoms with E-state index in [1.54, 1.807) is 12.4 Å². The number of pyridine rings is 1. The standard InChI is InChI=1S/C16H23N3O2/c1-4-9-19-13-7-8-17-11-12(13)18-14(19)10-16(5-2,6-3)15(20)21/h7-8,11H,4-6,9-10H2,1-3H3,(H,20,21). The van der Waals surface area contributed by atoms with Crippen LogP contribution in [0.1, 0.15) is 45.9 Å². The maximum Gasteiger partial charge on any atom is 0.310 e. The van der Waals surface area contributed by atoms with Crippen LogP contribution in [0, 0.1) is 5.41 Å². The smallest absolute Gasteiger partial charge is 0.310 e. The first-order valence-electron chi connectivity index (χ1n) is 7.60. The van der Waals surface area contributed by atoms with Crippen LogP contribution in [0.5, 0.6) is 0 Å². The number of aryl methyl sites for hydroxylation is 1. The van der Waals surface area contributed by atoms with Gasteiger partial charge in [0.25, 0.3) is 0 Å². The van der Waals surface area contributed by atoms with Crippen molar-refractivity contribution in [1.29, 1.82) is 0 Å². The lowest BCUT2D eigenvalue weighted by atomic mass is 9.79. The Labute approximate surface area is 125 Å². The van der Waals surface area contributed by atoms with E-state index in [-0.39, 0.29) is 0 Å².